The van der Waals surface area contributed by atoms with Crippen molar-refractivity contribution in [1.82, 2.24) is 10.7 Å². The lowest BCUT2D eigenvalue weighted by Gasteiger charge is -2.09. The molecule has 3 rings (SSSR count). The molecule has 0 aliphatic heterocycles. The van der Waals surface area contributed by atoms with Crippen molar-refractivity contribution in [2.75, 3.05) is 6.54 Å². The van der Waals surface area contributed by atoms with Crippen LogP contribution in [0.4, 0.5) is 0 Å². The molecule has 2 amide bonds. The van der Waals surface area contributed by atoms with Gasteiger partial charge in [-0.25, -0.2) is 5.43 Å². The predicted octanol–water partition coefficient (Wildman–Crippen LogP) is 3.07. The van der Waals surface area contributed by atoms with E-state index in [-0.39, 0.29) is 0 Å². The van der Waals surface area contributed by atoms with E-state index < -0.39 is 11.8 Å². The number of carbonyl (C=O) groups excluding carboxylic acids is 2. The van der Waals surface area contributed by atoms with E-state index in [0.717, 1.165) is 11.1 Å². The number of carbonyl (C=O) groups is 2. The second-order valence-corrected chi connectivity index (χ2v) is 6.50. The second kappa shape index (κ2) is 11.2. The van der Waals surface area contributed by atoms with Crippen molar-refractivity contribution in [2.24, 2.45) is 5.10 Å². The number of hydrogen-bond donors (Lipinski definition) is 2. The maximum Gasteiger partial charge on any atom is 0.329 e. The monoisotopic (exact) mass is 401 g/mol. The van der Waals surface area contributed by atoms with Crippen LogP contribution in [-0.2, 0) is 22.6 Å². The zero-order chi connectivity index (χ0) is 21.0. The molecule has 0 unspecified atom stereocenters. The van der Waals surface area contributed by atoms with E-state index in [4.69, 9.17) is 4.74 Å². The molecule has 3 aromatic rings. The van der Waals surface area contributed by atoms with Crippen LogP contribution in [0.25, 0.3) is 0 Å². The number of benzene rings is 3. The Hall–Kier alpha value is -3.93. The highest BCUT2D eigenvalue weighted by Gasteiger charge is 2.11. The van der Waals surface area contributed by atoms with Gasteiger partial charge in [-0.3, -0.25) is 9.59 Å². The van der Waals surface area contributed by atoms with Gasteiger partial charge in [-0.2, -0.15) is 5.10 Å². The topological polar surface area (TPSA) is 79.8 Å². The SMILES string of the molecule is O=C(NCCc1ccccc1)C(=O)N/N=C\c1ccccc1OCc1ccccc1. The first kappa shape index (κ1) is 20.8. The largest absolute Gasteiger partial charge is 0.488 e. The first-order chi connectivity index (χ1) is 14.7. The number of amides is 2. The summed E-state index contributed by atoms with van der Waals surface area (Å²) in [7, 11) is 0. The highest BCUT2D eigenvalue weighted by Crippen LogP contribution is 2.17. The van der Waals surface area contributed by atoms with Gasteiger partial charge in [0.1, 0.15) is 12.4 Å². The molecule has 0 radical (unpaired) electrons. The van der Waals surface area contributed by atoms with E-state index in [2.05, 4.69) is 15.8 Å². The minimum atomic E-state index is -0.818. The zero-order valence-corrected chi connectivity index (χ0v) is 16.5. The molecular weight excluding hydrogens is 378 g/mol. The van der Waals surface area contributed by atoms with Crippen LogP contribution in [0, 0.1) is 0 Å². The first-order valence-corrected chi connectivity index (χ1v) is 9.63. The standard InChI is InChI=1S/C24H23N3O3/c28-23(25-16-15-19-9-3-1-4-10-19)24(29)27-26-17-21-13-7-8-14-22(21)30-18-20-11-5-2-6-12-20/h1-14,17H,15-16,18H2,(H,25,28)(H,27,29)/b26-17-. The van der Waals surface area contributed by atoms with Crippen molar-refractivity contribution in [3.8, 4) is 5.75 Å². The molecule has 30 heavy (non-hydrogen) atoms. The van der Waals surface area contributed by atoms with Gasteiger partial charge in [0.05, 0.1) is 6.21 Å². The molecule has 0 aliphatic rings. The summed E-state index contributed by atoms with van der Waals surface area (Å²) in [5.74, 6) is -0.912. The van der Waals surface area contributed by atoms with Crippen LogP contribution >= 0.6 is 0 Å². The Kier molecular flexibility index (Phi) is 7.74. The minimum Gasteiger partial charge on any atom is -0.488 e. The molecule has 6 heteroatoms. The minimum absolute atomic E-state index is 0.371. The quantitative estimate of drug-likeness (QED) is 0.346. The smallest absolute Gasteiger partial charge is 0.329 e. The molecule has 0 saturated carbocycles. The number of hydrogen-bond acceptors (Lipinski definition) is 4. The molecule has 0 saturated heterocycles. The molecule has 0 fully saturated rings. The second-order valence-electron chi connectivity index (χ2n) is 6.50. The van der Waals surface area contributed by atoms with E-state index in [0.29, 0.717) is 30.9 Å². The average Bonchev–Trinajstić information content (AvgIpc) is 2.79. The van der Waals surface area contributed by atoms with Gasteiger partial charge in [0.2, 0.25) is 0 Å². The van der Waals surface area contributed by atoms with E-state index in [1.165, 1.54) is 6.21 Å². The summed E-state index contributed by atoms with van der Waals surface area (Å²) in [6, 6.07) is 26.9. The average molecular weight is 401 g/mol. The van der Waals surface area contributed by atoms with Gasteiger partial charge in [0.25, 0.3) is 0 Å². The summed E-state index contributed by atoms with van der Waals surface area (Å²) >= 11 is 0. The summed E-state index contributed by atoms with van der Waals surface area (Å²) in [5.41, 5.74) is 5.07. The summed E-state index contributed by atoms with van der Waals surface area (Å²) in [5, 5.41) is 6.46. The Morgan fingerprint density at radius 3 is 2.17 bits per heavy atom. The zero-order valence-electron chi connectivity index (χ0n) is 16.5. The van der Waals surface area contributed by atoms with Gasteiger partial charge < -0.3 is 10.1 Å². The Morgan fingerprint density at radius 1 is 0.800 bits per heavy atom. The Labute approximate surface area is 175 Å². The number of ether oxygens (including phenoxy) is 1. The molecular formula is C24H23N3O3. The number of rotatable bonds is 8. The third-order valence-corrected chi connectivity index (χ3v) is 4.27. The van der Waals surface area contributed by atoms with Gasteiger partial charge in [-0.05, 0) is 29.7 Å². The summed E-state index contributed by atoms with van der Waals surface area (Å²) in [4.78, 5) is 23.8. The van der Waals surface area contributed by atoms with Crippen molar-refractivity contribution in [3.63, 3.8) is 0 Å². The predicted molar refractivity (Wildman–Crippen MR) is 116 cm³/mol. The van der Waals surface area contributed by atoms with Crippen molar-refractivity contribution in [3.05, 3.63) is 102 Å². The van der Waals surface area contributed by atoms with Crippen LogP contribution in [0.15, 0.2) is 90.0 Å². The van der Waals surface area contributed by atoms with Crippen molar-refractivity contribution >= 4 is 18.0 Å². The van der Waals surface area contributed by atoms with Crippen LogP contribution in [0.5, 0.6) is 5.75 Å². The number of nitrogens with zero attached hydrogens (tertiary/aromatic N) is 1. The van der Waals surface area contributed by atoms with Gasteiger partial charge in [-0.1, -0.05) is 72.8 Å². The number of para-hydroxylation sites is 1. The van der Waals surface area contributed by atoms with E-state index >= 15 is 0 Å². The lowest BCUT2D eigenvalue weighted by molar-refractivity contribution is -0.139. The van der Waals surface area contributed by atoms with Gasteiger partial charge in [0, 0.05) is 12.1 Å². The van der Waals surface area contributed by atoms with Gasteiger partial charge in [0.15, 0.2) is 0 Å². The van der Waals surface area contributed by atoms with E-state index in [9.17, 15) is 9.59 Å². The molecule has 6 nitrogen and oxygen atoms in total. The first-order valence-electron chi connectivity index (χ1n) is 9.63. The molecule has 0 aromatic heterocycles. The van der Waals surface area contributed by atoms with Crippen LogP contribution in [0.2, 0.25) is 0 Å². The molecule has 0 aliphatic carbocycles. The number of nitrogens with one attached hydrogen (secondary N) is 2. The third-order valence-electron chi connectivity index (χ3n) is 4.27. The normalized spacial score (nSPS) is 10.5. The van der Waals surface area contributed by atoms with Crippen molar-refractivity contribution < 1.29 is 14.3 Å². The highest BCUT2D eigenvalue weighted by atomic mass is 16.5. The fourth-order valence-electron chi connectivity index (χ4n) is 2.71. The van der Waals surface area contributed by atoms with Crippen molar-refractivity contribution in [2.45, 2.75) is 13.0 Å². The molecule has 0 spiro atoms. The molecule has 152 valence electrons. The molecule has 0 heterocycles. The van der Waals surface area contributed by atoms with E-state index in [1.807, 2.05) is 84.9 Å². The maximum atomic E-state index is 11.9. The van der Waals surface area contributed by atoms with Gasteiger partial charge in [-0.15, -0.1) is 0 Å². The van der Waals surface area contributed by atoms with Crippen LogP contribution in [-0.4, -0.2) is 24.6 Å². The molecule has 2 N–H and O–H groups in total. The highest BCUT2D eigenvalue weighted by molar-refractivity contribution is 6.35. The van der Waals surface area contributed by atoms with Gasteiger partial charge >= 0.3 is 11.8 Å². The Bertz CT molecular complexity index is 989. The fraction of sp³-hybridized carbons (Fsp3) is 0.125. The van der Waals surface area contributed by atoms with Crippen LogP contribution < -0.4 is 15.5 Å². The fourth-order valence-corrected chi connectivity index (χ4v) is 2.71. The lowest BCUT2D eigenvalue weighted by atomic mass is 10.1. The molecule has 3 aromatic carbocycles. The Morgan fingerprint density at radius 2 is 1.43 bits per heavy atom. The Balaban J connectivity index is 1.47. The lowest BCUT2D eigenvalue weighted by Crippen LogP contribution is -2.38. The summed E-state index contributed by atoms with van der Waals surface area (Å²) in [6.07, 6.45) is 2.10. The third kappa shape index (κ3) is 6.60. The van der Waals surface area contributed by atoms with Crippen molar-refractivity contribution in [1.29, 1.82) is 0 Å². The maximum absolute atomic E-state index is 11.9. The molecule has 0 bridgehead atoms. The number of hydrazone groups is 1. The van der Waals surface area contributed by atoms with Crippen LogP contribution in [0.1, 0.15) is 16.7 Å². The summed E-state index contributed by atoms with van der Waals surface area (Å²) < 4.78 is 5.84. The summed E-state index contributed by atoms with van der Waals surface area (Å²) in [6.45, 7) is 0.790. The van der Waals surface area contributed by atoms with Crippen LogP contribution in [0.3, 0.4) is 0 Å². The molecule has 0 atom stereocenters. The van der Waals surface area contributed by atoms with E-state index in [1.54, 1.807) is 0 Å².